The molecule has 1 aliphatic rings. The third kappa shape index (κ3) is 5.02. The van der Waals surface area contributed by atoms with Crippen molar-refractivity contribution in [3.8, 4) is 0 Å². The van der Waals surface area contributed by atoms with Gasteiger partial charge in [-0.25, -0.2) is 0 Å². The van der Waals surface area contributed by atoms with Crippen LogP contribution in [0.25, 0.3) is 0 Å². The summed E-state index contributed by atoms with van der Waals surface area (Å²) in [6.45, 7) is 5.14. The van der Waals surface area contributed by atoms with Crippen LogP contribution in [0, 0.1) is 0 Å². The Balaban J connectivity index is 2.30. The average Bonchev–Trinajstić information content (AvgIpc) is 2.29. The number of ether oxygens (including phenoxy) is 1. The molecule has 2 unspecified atom stereocenters. The number of nitrogens with one attached hydrogen (secondary N) is 1. The number of rotatable bonds is 5. The molecule has 1 saturated heterocycles. The largest absolute Gasteiger partial charge is 0.379 e. The Morgan fingerprint density at radius 2 is 2.18 bits per heavy atom. The van der Waals surface area contributed by atoms with Crippen LogP contribution in [0.15, 0.2) is 0 Å². The van der Waals surface area contributed by atoms with Crippen LogP contribution in [0.4, 0.5) is 0 Å². The van der Waals surface area contributed by atoms with E-state index in [0.29, 0.717) is 18.6 Å². The van der Waals surface area contributed by atoms with Crippen LogP contribution in [-0.4, -0.2) is 75.2 Å². The van der Waals surface area contributed by atoms with E-state index in [1.165, 1.54) is 0 Å². The lowest BCUT2D eigenvalue weighted by Crippen LogP contribution is -2.46. The van der Waals surface area contributed by atoms with Crippen LogP contribution in [0.5, 0.6) is 0 Å². The van der Waals surface area contributed by atoms with Crippen molar-refractivity contribution in [3.05, 3.63) is 0 Å². The molecule has 0 spiro atoms. The fourth-order valence-corrected chi connectivity index (χ4v) is 1.87. The number of nitrogens with zero attached hydrogens (tertiary/aromatic N) is 2. The minimum atomic E-state index is 0.146. The van der Waals surface area contributed by atoms with E-state index in [4.69, 9.17) is 4.74 Å². The topological polar surface area (TPSA) is 44.8 Å². The second kappa shape index (κ2) is 6.93. The van der Waals surface area contributed by atoms with Gasteiger partial charge in [0.1, 0.15) is 0 Å². The van der Waals surface area contributed by atoms with Gasteiger partial charge in [0.15, 0.2) is 0 Å². The Hall–Kier alpha value is -0.650. The summed E-state index contributed by atoms with van der Waals surface area (Å²) in [5.74, 6) is 0.146. The molecule has 5 heteroatoms. The van der Waals surface area contributed by atoms with Crippen molar-refractivity contribution in [2.24, 2.45) is 0 Å². The molecule has 0 saturated carbocycles. The monoisotopic (exact) mass is 243 g/mol. The minimum Gasteiger partial charge on any atom is -0.379 e. The van der Waals surface area contributed by atoms with Crippen LogP contribution < -0.4 is 5.32 Å². The van der Waals surface area contributed by atoms with Crippen molar-refractivity contribution in [1.82, 2.24) is 15.1 Å². The fraction of sp³-hybridized carbons (Fsp3) is 0.917. The van der Waals surface area contributed by atoms with Gasteiger partial charge in [0.05, 0.1) is 19.8 Å². The van der Waals surface area contributed by atoms with Crippen LogP contribution in [0.3, 0.4) is 0 Å². The summed E-state index contributed by atoms with van der Waals surface area (Å²) < 4.78 is 5.43. The van der Waals surface area contributed by atoms with Gasteiger partial charge in [-0.2, -0.15) is 0 Å². The predicted octanol–water partition coefficient (Wildman–Crippen LogP) is -0.227. The molecule has 0 bridgehead atoms. The molecule has 0 aromatic carbocycles. The second-order valence-corrected chi connectivity index (χ2v) is 5.01. The van der Waals surface area contributed by atoms with E-state index in [0.717, 1.165) is 26.2 Å². The number of carbonyl (C=O) groups excluding carboxylic acids is 1. The summed E-state index contributed by atoms with van der Waals surface area (Å²) in [4.78, 5) is 15.3. The third-order valence-corrected chi connectivity index (χ3v) is 3.26. The van der Waals surface area contributed by atoms with Crippen molar-refractivity contribution in [2.75, 3.05) is 47.4 Å². The number of hydrogen-bond donors (Lipinski definition) is 1. The predicted molar refractivity (Wildman–Crippen MR) is 68.0 cm³/mol. The van der Waals surface area contributed by atoms with Gasteiger partial charge in [0.25, 0.3) is 0 Å². The molecule has 1 heterocycles. The average molecular weight is 243 g/mol. The number of likely N-dealkylation sites (N-methyl/N-ethyl adjacent to an activating group) is 2. The third-order valence-electron chi connectivity index (χ3n) is 3.26. The first-order chi connectivity index (χ1) is 8.00. The number of hydrogen-bond acceptors (Lipinski definition) is 4. The fourth-order valence-electron chi connectivity index (χ4n) is 1.87. The Labute approximate surface area is 104 Å². The molecule has 1 amide bonds. The number of carbonyl (C=O) groups is 1. The Morgan fingerprint density at radius 3 is 2.71 bits per heavy atom. The van der Waals surface area contributed by atoms with Gasteiger partial charge in [0.2, 0.25) is 5.91 Å². The van der Waals surface area contributed by atoms with E-state index >= 15 is 0 Å². The zero-order valence-electron chi connectivity index (χ0n) is 11.4. The van der Waals surface area contributed by atoms with Gasteiger partial charge in [-0.05, 0) is 20.4 Å². The minimum absolute atomic E-state index is 0.146. The van der Waals surface area contributed by atoms with Crippen LogP contribution >= 0.6 is 0 Å². The summed E-state index contributed by atoms with van der Waals surface area (Å²) in [6.07, 6.45) is 1.01. The lowest BCUT2D eigenvalue weighted by atomic mass is 10.1. The Morgan fingerprint density at radius 1 is 1.47 bits per heavy atom. The van der Waals surface area contributed by atoms with Gasteiger partial charge in [-0.3, -0.25) is 9.69 Å². The molecular weight excluding hydrogens is 218 g/mol. The van der Waals surface area contributed by atoms with E-state index in [1.54, 1.807) is 19.0 Å². The first kappa shape index (κ1) is 14.4. The zero-order chi connectivity index (χ0) is 12.8. The highest BCUT2D eigenvalue weighted by atomic mass is 16.5. The van der Waals surface area contributed by atoms with Crippen LogP contribution in [0.2, 0.25) is 0 Å². The molecule has 1 fully saturated rings. The van der Waals surface area contributed by atoms with Gasteiger partial charge in [-0.15, -0.1) is 0 Å². The van der Waals surface area contributed by atoms with E-state index < -0.39 is 0 Å². The van der Waals surface area contributed by atoms with Crippen molar-refractivity contribution >= 4 is 5.91 Å². The standard InChI is InChI=1S/C12H25N3O2/c1-10(7-11-9-17-6-5-13-11)15(4)8-12(16)14(2)3/h10-11,13H,5-9H2,1-4H3. The van der Waals surface area contributed by atoms with Gasteiger partial charge in [0, 0.05) is 32.7 Å². The molecule has 0 aliphatic carbocycles. The first-order valence-electron chi connectivity index (χ1n) is 6.22. The first-order valence-corrected chi connectivity index (χ1v) is 6.22. The molecule has 100 valence electrons. The highest BCUT2D eigenvalue weighted by Gasteiger charge is 2.20. The van der Waals surface area contributed by atoms with Crippen LogP contribution in [-0.2, 0) is 9.53 Å². The molecule has 0 aromatic rings. The smallest absolute Gasteiger partial charge is 0.236 e. The van der Waals surface area contributed by atoms with E-state index in [-0.39, 0.29) is 5.91 Å². The summed E-state index contributed by atoms with van der Waals surface area (Å²) >= 11 is 0. The molecule has 17 heavy (non-hydrogen) atoms. The lowest BCUT2D eigenvalue weighted by molar-refractivity contribution is -0.130. The van der Waals surface area contributed by atoms with E-state index in [9.17, 15) is 4.79 Å². The molecule has 1 aliphatic heterocycles. The maximum absolute atomic E-state index is 11.6. The van der Waals surface area contributed by atoms with Gasteiger partial charge in [-0.1, -0.05) is 0 Å². The molecule has 1 rings (SSSR count). The quantitative estimate of drug-likeness (QED) is 0.725. The lowest BCUT2D eigenvalue weighted by Gasteiger charge is -2.31. The summed E-state index contributed by atoms with van der Waals surface area (Å²) in [6, 6.07) is 0.786. The van der Waals surface area contributed by atoms with Crippen molar-refractivity contribution < 1.29 is 9.53 Å². The summed E-state index contributed by atoms with van der Waals surface area (Å²) in [5.41, 5.74) is 0. The highest BCUT2D eigenvalue weighted by Crippen LogP contribution is 2.07. The maximum Gasteiger partial charge on any atom is 0.236 e. The van der Waals surface area contributed by atoms with Crippen molar-refractivity contribution in [2.45, 2.75) is 25.4 Å². The molecule has 2 atom stereocenters. The normalized spacial score (nSPS) is 22.5. The van der Waals surface area contributed by atoms with Crippen molar-refractivity contribution in [1.29, 1.82) is 0 Å². The number of amides is 1. The highest BCUT2D eigenvalue weighted by molar-refractivity contribution is 5.77. The molecule has 0 radical (unpaired) electrons. The summed E-state index contributed by atoms with van der Waals surface area (Å²) in [7, 11) is 5.57. The zero-order valence-corrected chi connectivity index (χ0v) is 11.4. The summed E-state index contributed by atoms with van der Waals surface area (Å²) in [5, 5.41) is 3.43. The van der Waals surface area contributed by atoms with Gasteiger partial charge < -0.3 is 15.0 Å². The molecule has 5 nitrogen and oxygen atoms in total. The van der Waals surface area contributed by atoms with E-state index in [1.807, 2.05) is 7.05 Å². The molecule has 1 N–H and O–H groups in total. The Bertz CT molecular complexity index is 240. The Kier molecular flexibility index (Phi) is 5.88. The second-order valence-electron chi connectivity index (χ2n) is 5.01. The molecular formula is C12H25N3O2. The number of morpholine rings is 1. The van der Waals surface area contributed by atoms with Crippen LogP contribution in [0.1, 0.15) is 13.3 Å². The molecule has 0 aromatic heterocycles. The maximum atomic E-state index is 11.6. The van der Waals surface area contributed by atoms with Crippen molar-refractivity contribution in [3.63, 3.8) is 0 Å². The van der Waals surface area contributed by atoms with Gasteiger partial charge >= 0.3 is 0 Å². The SMILES string of the molecule is CC(CC1COCCN1)N(C)CC(=O)N(C)C. The van der Waals surface area contributed by atoms with E-state index in [2.05, 4.69) is 17.1 Å².